The van der Waals surface area contributed by atoms with Crippen LogP contribution in [0, 0.1) is 0 Å². The van der Waals surface area contributed by atoms with Gasteiger partial charge in [0.2, 0.25) is 5.28 Å². The molecule has 0 fully saturated rings. The maximum atomic E-state index is 6.05. The van der Waals surface area contributed by atoms with Gasteiger partial charge in [-0.15, -0.1) is 0 Å². The molecule has 0 aliphatic heterocycles. The third-order valence-corrected chi connectivity index (χ3v) is 3.96. The van der Waals surface area contributed by atoms with Gasteiger partial charge in [0.25, 0.3) is 0 Å². The van der Waals surface area contributed by atoms with E-state index < -0.39 is 0 Å². The zero-order valence-corrected chi connectivity index (χ0v) is 14.6. The number of hydrogen-bond donors (Lipinski definition) is 1. The minimum absolute atomic E-state index is 0.214. The first-order valence-corrected chi connectivity index (χ1v) is 8.10. The molecule has 1 N–H and O–H groups in total. The fourth-order valence-electron chi connectivity index (χ4n) is 2.22. The lowest BCUT2D eigenvalue weighted by atomic mass is 10.2. The lowest BCUT2D eigenvalue weighted by molar-refractivity contribution is 0.612. The van der Waals surface area contributed by atoms with Crippen molar-refractivity contribution in [2.45, 2.75) is 26.4 Å². The van der Waals surface area contributed by atoms with E-state index in [1.54, 1.807) is 6.33 Å². The van der Waals surface area contributed by atoms with Crippen LogP contribution in [0.1, 0.15) is 25.5 Å². The Bertz CT molecular complexity index is 815. The average Bonchev–Trinajstić information content (AvgIpc) is 2.88. The summed E-state index contributed by atoms with van der Waals surface area (Å²) in [7, 11) is 0. The molecular formula is C15H15BrClN5. The fourth-order valence-corrected chi connectivity index (χ4v) is 2.84. The smallest absolute Gasteiger partial charge is 0.226 e. The van der Waals surface area contributed by atoms with Crippen LogP contribution in [0.2, 0.25) is 5.28 Å². The number of imidazole rings is 1. The molecule has 0 saturated carbocycles. The molecule has 0 bridgehead atoms. The molecular weight excluding hydrogens is 366 g/mol. The molecule has 114 valence electrons. The summed E-state index contributed by atoms with van der Waals surface area (Å²) in [5, 5.41) is 3.51. The summed E-state index contributed by atoms with van der Waals surface area (Å²) in [6, 6.07) is 8.35. The van der Waals surface area contributed by atoms with E-state index in [0.717, 1.165) is 21.2 Å². The number of fused-ring (bicyclic) bond motifs is 1. The first-order chi connectivity index (χ1) is 10.5. The highest BCUT2D eigenvalue weighted by molar-refractivity contribution is 9.10. The van der Waals surface area contributed by atoms with Gasteiger partial charge >= 0.3 is 0 Å². The largest absolute Gasteiger partial charge is 0.364 e. The SMILES string of the molecule is CC(C)n1cnc2c(NCc3cccc(Br)c3)nc(Cl)nc21. The molecule has 0 radical (unpaired) electrons. The molecule has 22 heavy (non-hydrogen) atoms. The number of halogens is 2. The first-order valence-electron chi connectivity index (χ1n) is 6.93. The number of anilines is 1. The Morgan fingerprint density at radius 1 is 1.32 bits per heavy atom. The second-order valence-electron chi connectivity index (χ2n) is 5.24. The predicted octanol–water partition coefficient (Wildman–Crippen LogP) is 4.44. The van der Waals surface area contributed by atoms with Crippen molar-refractivity contribution in [3.05, 3.63) is 45.9 Å². The number of nitrogens with one attached hydrogen (secondary N) is 1. The summed E-state index contributed by atoms with van der Waals surface area (Å²) >= 11 is 9.52. The number of aromatic nitrogens is 4. The van der Waals surface area contributed by atoms with Crippen molar-refractivity contribution in [2.75, 3.05) is 5.32 Å². The standard InChI is InChI=1S/C15H15BrClN5/c1-9(2)22-8-19-12-13(20-15(17)21-14(12)22)18-7-10-4-3-5-11(16)6-10/h3-6,8-9H,7H2,1-2H3,(H,18,20,21). The minimum atomic E-state index is 0.214. The zero-order chi connectivity index (χ0) is 15.7. The van der Waals surface area contributed by atoms with Crippen LogP contribution in [0.5, 0.6) is 0 Å². The highest BCUT2D eigenvalue weighted by Gasteiger charge is 2.13. The van der Waals surface area contributed by atoms with Crippen LogP contribution in [0.15, 0.2) is 35.1 Å². The van der Waals surface area contributed by atoms with E-state index in [-0.39, 0.29) is 11.3 Å². The minimum Gasteiger partial charge on any atom is -0.364 e. The van der Waals surface area contributed by atoms with Gasteiger partial charge in [0.1, 0.15) is 0 Å². The molecule has 2 aromatic heterocycles. The van der Waals surface area contributed by atoms with E-state index in [0.29, 0.717) is 12.4 Å². The van der Waals surface area contributed by atoms with Crippen LogP contribution in [0.3, 0.4) is 0 Å². The van der Waals surface area contributed by atoms with Gasteiger partial charge < -0.3 is 9.88 Å². The molecule has 3 rings (SSSR count). The van der Waals surface area contributed by atoms with Crippen LogP contribution in [0.4, 0.5) is 5.82 Å². The molecule has 7 heteroatoms. The van der Waals surface area contributed by atoms with Crippen LogP contribution >= 0.6 is 27.5 Å². The second kappa shape index (κ2) is 6.22. The lowest BCUT2D eigenvalue weighted by Gasteiger charge is -2.09. The fraction of sp³-hybridized carbons (Fsp3) is 0.267. The first kappa shape index (κ1) is 15.2. The molecule has 3 aromatic rings. The van der Waals surface area contributed by atoms with Crippen LogP contribution in [-0.2, 0) is 6.54 Å². The van der Waals surface area contributed by atoms with Crippen LogP contribution in [0.25, 0.3) is 11.2 Å². The lowest BCUT2D eigenvalue weighted by Crippen LogP contribution is -2.05. The molecule has 0 saturated heterocycles. The molecule has 0 unspecified atom stereocenters. The summed E-state index contributed by atoms with van der Waals surface area (Å²) in [6.07, 6.45) is 1.77. The Labute approximate surface area is 141 Å². The van der Waals surface area contributed by atoms with Crippen molar-refractivity contribution in [3.63, 3.8) is 0 Å². The zero-order valence-electron chi connectivity index (χ0n) is 12.2. The predicted molar refractivity (Wildman–Crippen MR) is 92.2 cm³/mol. The molecule has 5 nitrogen and oxygen atoms in total. The third kappa shape index (κ3) is 3.08. The molecule has 0 aliphatic carbocycles. The average molecular weight is 381 g/mol. The van der Waals surface area contributed by atoms with E-state index in [1.807, 2.05) is 22.8 Å². The monoisotopic (exact) mass is 379 g/mol. The highest BCUT2D eigenvalue weighted by atomic mass is 79.9. The van der Waals surface area contributed by atoms with Gasteiger partial charge in [0.15, 0.2) is 17.0 Å². The normalized spacial score (nSPS) is 11.3. The quantitative estimate of drug-likeness (QED) is 0.680. The van der Waals surface area contributed by atoms with Gasteiger partial charge in [-0.2, -0.15) is 9.97 Å². The Balaban J connectivity index is 1.93. The number of nitrogens with zero attached hydrogens (tertiary/aromatic N) is 4. The van der Waals surface area contributed by atoms with Crippen molar-refractivity contribution in [1.82, 2.24) is 19.5 Å². The van der Waals surface area contributed by atoms with Crippen molar-refractivity contribution in [3.8, 4) is 0 Å². The number of rotatable bonds is 4. The summed E-state index contributed by atoms with van der Waals surface area (Å²) in [6.45, 7) is 4.79. The Morgan fingerprint density at radius 3 is 2.86 bits per heavy atom. The highest BCUT2D eigenvalue weighted by Crippen LogP contribution is 2.24. The van der Waals surface area contributed by atoms with Crippen molar-refractivity contribution < 1.29 is 0 Å². The van der Waals surface area contributed by atoms with E-state index in [9.17, 15) is 0 Å². The number of benzene rings is 1. The van der Waals surface area contributed by atoms with Gasteiger partial charge in [0.05, 0.1) is 6.33 Å². The molecule has 0 amide bonds. The Kier molecular flexibility index (Phi) is 4.31. The van der Waals surface area contributed by atoms with Gasteiger partial charge in [0, 0.05) is 17.1 Å². The van der Waals surface area contributed by atoms with E-state index in [1.165, 1.54) is 0 Å². The van der Waals surface area contributed by atoms with Gasteiger partial charge in [-0.1, -0.05) is 28.1 Å². The van der Waals surface area contributed by atoms with Crippen LogP contribution in [-0.4, -0.2) is 19.5 Å². The molecule has 2 heterocycles. The van der Waals surface area contributed by atoms with Gasteiger partial charge in [-0.05, 0) is 43.1 Å². The van der Waals surface area contributed by atoms with E-state index in [4.69, 9.17) is 11.6 Å². The van der Waals surface area contributed by atoms with E-state index in [2.05, 4.69) is 56.1 Å². The molecule has 0 atom stereocenters. The maximum absolute atomic E-state index is 6.05. The van der Waals surface area contributed by atoms with Gasteiger partial charge in [-0.25, -0.2) is 4.98 Å². The van der Waals surface area contributed by atoms with E-state index >= 15 is 0 Å². The molecule has 0 aliphatic rings. The number of hydrogen-bond acceptors (Lipinski definition) is 4. The summed E-state index contributed by atoms with van der Waals surface area (Å²) in [5.41, 5.74) is 2.61. The Hall–Kier alpha value is -1.66. The molecule has 1 aromatic carbocycles. The topological polar surface area (TPSA) is 55.6 Å². The van der Waals surface area contributed by atoms with Crippen molar-refractivity contribution in [1.29, 1.82) is 0 Å². The van der Waals surface area contributed by atoms with Crippen molar-refractivity contribution >= 4 is 44.5 Å². The molecule has 0 spiro atoms. The summed E-state index contributed by atoms with van der Waals surface area (Å²) < 4.78 is 3.02. The van der Waals surface area contributed by atoms with Gasteiger partial charge in [-0.3, -0.25) is 0 Å². The summed E-state index contributed by atoms with van der Waals surface area (Å²) in [4.78, 5) is 13.0. The second-order valence-corrected chi connectivity index (χ2v) is 6.50. The van der Waals surface area contributed by atoms with Crippen LogP contribution < -0.4 is 5.32 Å². The maximum Gasteiger partial charge on any atom is 0.226 e. The third-order valence-electron chi connectivity index (χ3n) is 3.30. The summed E-state index contributed by atoms with van der Waals surface area (Å²) in [5.74, 6) is 0.648. The van der Waals surface area contributed by atoms with Crippen molar-refractivity contribution in [2.24, 2.45) is 0 Å². The Morgan fingerprint density at radius 2 is 2.14 bits per heavy atom.